The molecule has 0 radical (unpaired) electrons. The second-order valence-corrected chi connectivity index (χ2v) is 3.92. The summed E-state index contributed by atoms with van der Waals surface area (Å²) in [5, 5.41) is 11.1. The summed E-state index contributed by atoms with van der Waals surface area (Å²) >= 11 is 0. The van der Waals surface area contributed by atoms with Crippen molar-refractivity contribution in [3.63, 3.8) is 0 Å². The lowest BCUT2D eigenvalue weighted by atomic mass is 9.90. The molecule has 82 valence electrons. The SMILES string of the molecule is CNC(c1ccnnc1)C1CCCOC1. The van der Waals surface area contributed by atoms with Gasteiger partial charge in [-0.2, -0.15) is 10.2 Å². The van der Waals surface area contributed by atoms with Gasteiger partial charge in [-0.3, -0.25) is 0 Å². The maximum atomic E-state index is 5.51. The minimum Gasteiger partial charge on any atom is -0.381 e. The van der Waals surface area contributed by atoms with Gasteiger partial charge in [0.15, 0.2) is 0 Å². The number of hydrogen-bond acceptors (Lipinski definition) is 4. The Hall–Kier alpha value is -1.00. The Balaban J connectivity index is 2.09. The number of hydrogen-bond donors (Lipinski definition) is 1. The third kappa shape index (κ3) is 2.52. The first-order valence-electron chi connectivity index (χ1n) is 5.43. The Labute approximate surface area is 90.1 Å². The van der Waals surface area contributed by atoms with Crippen LogP contribution in [-0.2, 0) is 4.74 Å². The summed E-state index contributed by atoms with van der Waals surface area (Å²) in [7, 11) is 1.99. The number of rotatable bonds is 3. The third-order valence-corrected chi connectivity index (χ3v) is 2.94. The third-order valence-electron chi connectivity index (χ3n) is 2.94. The predicted molar refractivity (Wildman–Crippen MR) is 57.4 cm³/mol. The van der Waals surface area contributed by atoms with Crippen molar-refractivity contribution < 1.29 is 4.74 Å². The zero-order valence-electron chi connectivity index (χ0n) is 9.02. The molecule has 1 aliphatic heterocycles. The van der Waals surface area contributed by atoms with E-state index in [1.807, 2.05) is 19.3 Å². The van der Waals surface area contributed by atoms with Crippen LogP contribution in [0.2, 0.25) is 0 Å². The van der Waals surface area contributed by atoms with E-state index in [0.29, 0.717) is 12.0 Å². The highest BCUT2D eigenvalue weighted by atomic mass is 16.5. The fraction of sp³-hybridized carbons (Fsp3) is 0.636. The molecule has 1 fully saturated rings. The van der Waals surface area contributed by atoms with Crippen LogP contribution in [0.3, 0.4) is 0 Å². The van der Waals surface area contributed by atoms with Crippen molar-refractivity contribution in [3.8, 4) is 0 Å². The van der Waals surface area contributed by atoms with E-state index in [9.17, 15) is 0 Å². The Morgan fingerprint density at radius 1 is 1.53 bits per heavy atom. The van der Waals surface area contributed by atoms with Crippen LogP contribution in [0.4, 0.5) is 0 Å². The topological polar surface area (TPSA) is 47.0 Å². The molecule has 4 nitrogen and oxygen atoms in total. The molecule has 1 aromatic heterocycles. The lowest BCUT2D eigenvalue weighted by Crippen LogP contribution is -2.31. The molecule has 4 heteroatoms. The molecule has 1 aromatic rings. The summed E-state index contributed by atoms with van der Waals surface area (Å²) in [6, 6.07) is 2.35. The molecule has 1 aliphatic rings. The van der Waals surface area contributed by atoms with Gasteiger partial charge in [-0.25, -0.2) is 0 Å². The smallest absolute Gasteiger partial charge is 0.0544 e. The Morgan fingerprint density at radius 3 is 3.07 bits per heavy atom. The fourth-order valence-corrected chi connectivity index (χ4v) is 2.19. The van der Waals surface area contributed by atoms with Crippen molar-refractivity contribution in [2.45, 2.75) is 18.9 Å². The minimum atomic E-state index is 0.334. The van der Waals surface area contributed by atoms with Crippen molar-refractivity contribution in [1.29, 1.82) is 0 Å². The number of nitrogens with one attached hydrogen (secondary N) is 1. The average Bonchev–Trinajstić information content (AvgIpc) is 2.33. The highest BCUT2D eigenvalue weighted by Crippen LogP contribution is 2.27. The highest BCUT2D eigenvalue weighted by molar-refractivity contribution is 5.12. The molecule has 0 aliphatic carbocycles. The fourth-order valence-electron chi connectivity index (χ4n) is 2.19. The van der Waals surface area contributed by atoms with Gasteiger partial charge in [0.25, 0.3) is 0 Å². The molecular weight excluding hydrogens is 190 g/mol. The second-order valence-electron chi connectivity index (χ2n) is 3.92. The van der Waals surface area contributed by atoms with Crippen LogP contribution in [0.5, 0.6) is 0 Å². The standard InChI is InChI=1S/C11H17N3O/c1-12-11(9-4-5-13-14-7-9)10-3-2-6-15-8-10/h4-5,7,10-12H,2-3,6,8H2,1H3. The zero-order chi connectivity index (χ0) is 10.5. The van der Waals surface area contributed by atoms with Gasteiger partial charge < -0.3 is 10.1 Å². The first kappa shape index (κ1) is 10.5. The van der Waals surface area contributed by atoms with E-state index in [1.165, 1.54) is 12.0 Å². The average molecular weight is 207 g/mol. The molecule has 0 bridgehead atoms. The second kappa shape index (κ2) is 5.19. The highest BCUT2D eigenvalue weighted by Gasteiger charge is 2.24. The van der Waals surface area contributed by atoms with Crippen LogP contribution < -0.4 is 5.32 Å². The van der Waals surface area contributed by atoms with Gasteiger partial charge in [-0.05, 0) is 31.5 Å². The van der Waals surface area contributed by atoms with Gasteiger partial charge in [0.05, 0.1) is 12.8 Å². The normalized spacial score (nSPS) is 23.7. The Morgan fingerprint density at radius 2 is 2.47 bits per heavy atom. The minimum absolute atomic E-state index is 0.334. The maximum absolute atomic E-state index is 5.51. The van der Waals surface area contributed by atoms with Crippen molar-refractivity contribution in [2.24, 2.45) is 5.92 Å². The van der Waals surface area contributed by atoms with E-state index >= 15 is 0 Å². The van der Waals surface area contributed by atoms with E-state index < -0.39 is 0 Å². The molecule has 0 amide bonds. The molecule has 0 spiro atoms. The molecule has 2 rings (SSSR count). The first-order chi connectivity index (χ1) is 7.42. The molecule has 0 aromatic carbocycles. The van der Waals surface area contributed by atoms with E-state index in [2.05, 4.69) is 15.5 Å². The van der Waals surface area contributed by atoms with Crippen molar-refractivity contribution in [2.75, 3.05) is 20.3 Å². The molecule has 15 heavy (non-hydrogen) atoms. The van der Waals surface area contributed by atoms with Crippen molar-refractivity contribution in [3.05, 3.63) is 24.0 Å². The molecule has 1 saturated heterocycles. The summed E-state index contributed by atoms with van der Waals surface area (Å²) in [5.41, 5.74) is 1.20. The number of nitrogens with zero attached hydrogens (tertiary/aromatic N) is 2. The van der Waals surface area contributed by atoms with Gasteiger partial charge in [-0.15, -0.1) is 0 Å². The monoisotopic (exact) mass is 207 g/mol. The molecule has 2 heterocycles. The van der Waals surface area contributed by atoms with E-state index in [-0.39, 0.29) is 0 Å². The summed E-state index contributed by atoms with van der Waals surface area (Å²) < 4.78 is 5.51. The van der Waals surface area contributed by atoms with E-state index in [4.69, 9.17) is 4.74 Å². The van der Waals surface area contributed by atoms with Crippen molar-refractivity contribution in [1.82, 2.24) is 15.5 Å². The quantitative estimate of drug-likeness (QED) is 0.808. The van der Waals surface area contributed by atoms with Crippen LogP contribution >= 0.6 is 0 Å². The maximum Gasteiger partial charge on any atom is 0.0544 e. The lowest BCUT2D eigenvalue weighted by molar-refractivity contribution is 0.0401. The van der Waals surface area contributed by atoms with Crippen LogP contribution in [-0.4, -0.2) is 30.5 Å². The van der Waals surface area contributed by atoms with Gasteiger partial charge >= 0.3 is 0 Å². The van der Waals surface area contributed by atoms with E-state index in [1.54, 1.807) is 6.20 Å². The summed E-state index contributed by atoms with van der Waals surface area (Å²) in [6.45, 7) is 1.75. The Kier molecular flexibility index (Phi) is 3.64. The van der Waals surface area contributed by atoms with Crippen molar-refractivity contribution >= 4 is 0 Å². The first-order valence-corrected chi connectivity index (χ1v) is 5.43. The molecular formula is C11H17N3O. The Bertz CT molecular complexity index is 285. The lowest BCUT2D eigenvalue weighted by Gasteiger charge is -2.29. The number of ether oxygens (including phenoxy) is 1. The van der Waals surface area contributed by atoms with Crippen LogP contribution in [0, 0.1) is 5.92 Å². The van der Waals surface area contributed by atoms with Crippen LogP contribution in [0.1, 0.15) is 24.4 Å². The molecule has 2 unspecified atom stereocenters. The zero-order valence-corrected chi connectivity index (χ0v) is 9.02. The molecule has 2 atom stereocenters. The van der Waals surface area contributed by atoms with E-state index in [0.717, 1.165) is 19.6 Å². The summed E-state index contributed by atoms with van der Waals surface area (Å²) in [6.07, 6.45) is 5.94. The van der Waals surface area contributed by atoms with Crippen LogP contribution in [0.25, 0.3) is 0 Å². The van der Waals surface area contributed by atoms with Gasteiger partial charge in [-0.1, -0.05) is 0 Å². The van der Waals surface area contributed by atoms with Gasteiger partial charge in [0, 0.05) is 24.8 Å². The largest absolute Gasteiger partial charge is 0.381 e. The summed E-state index contributed by atoms with van der Waals surface area (Å²) in [4.78, 5) is 0. The van der Waals surface area contributed by atoms with Gasteiger partial charge in [0.2, 0.25) is 0 Å². The van der Waals surface area contributed by atoms with Gasteiger partial charge in [0.1, 0.15) is 0 Å². The molecule has 1 N–H and O–H groups in total. The molecule has 0 saturated carbocycles. The number of aromatic nitrogens is 2. The predicted octanol–water partition coefficient (Wildman–Crippen LogP) is 1.16. The summed E-state index contributed by atoms with van der Waals surface area (Å²) in [5.74, 6) is 0.549. The van der Waals surface area contributed by atoms with Crippen LogP contribution in [0.15, 0.2) is 18.5 Å².